The molecule has 2 saturated heterocycles. The van der Waals surface area contributed by atoms with Gasteiger partial charge in [0.1, 0.15) is 0 Å². The smallest absolute Gasteiger partial charge is 0.317 e. The van der Waals surface area contributed by atoms with Crippen molar-refractivity contribution in [3.8, 4) is 0 Å². The first-order valence-corrected chi connectivity index (χ1v) is 7.65. The highest BCUT2D eigenvalue weighted by Gasteiger charge is 2.32. The Morgan fingerprint density at radius 3 is 2.52 bits per heavy atom. The van der Waals surface area contributed by atoms with E-state index in [1.807, 2.05) is 35.2 Å². The lowest BCUT2D eigenvalue weighted by Gasteiger charge is -2.28. The highest BCUT2D eigenvalue weighted by molar-refractivity contribution is 5.96. The van der Waals surface area contributed by atoms with Crippen molar-refractivity contribution in [2.24, 2.45) is 0 Å². The van der Waals surface area contributed by atoms with E-state index in [0.29, 0.717) is 13.0 Å². The maximum absolute atomic E-state index is 12.2. The Morgan fingerprint density at radius 1 is 1.10 bits per heavy atom. The molecule has 1 unspecified atom stereocenters. The lowest BCUT2D eigenvalue weighted by Crippen LogP contribution is -2.47. The number of hydrogen-bond acceptors (Lipinski definition) is 2. The molecule has 1 aromatic carbocycles. The first-order valence-electron chi connectivity index (χ1n) is 7.65. The molecule has 112 valence electrons. The van der Waals surface area contributed by atoms with Crippen LogP contribution in [-0.4, -0.2) is 42.5 Å². The number of likely N-dealkylation sites (tertiary alicyclic amines) is 1. The molecule has 3 rings (SSSR count). The molecule has 5 nitrogen and oxygen atoms in total. The molecular weight excluding hydrogens is 266 g/mol. The van der Waals surface area contributed by atoms with Crippen LogP contribution in [0.25, 0.3) is 0 Å². The molecule has 1 atom stereocenters. The Bertz CT molecular complexity index is 512. The van der Waals surface area contributed by atoms with Crippen molar-refractivity contribution in [1.29, 1.82) is 0 Å². The van der Waals surface area contributed by atoms with Gasteiger partial charge in [0, 0.05) is 31.7 Å². The molecular formula is C16H21N3O2. The second-order valence-corrected chi connectivity index (χ2v) is 5.74. The number of amides is 3. The van der Waals surface area contributed by atoms with E-state index in [9.17, 15) is 9.59 Å². The van der Waals surface area contributed by atoms with Crippen molar-refractivity contribution in [1.82, 2.24) is 10.2 Å². The SMILES string of the molecule is O=C(NC1CC(=O)N(c2ccccc2)C1)N1CCCCC1. The summed E-state index contributed by atoms with van der Waals surface area (Å²) in [5.41, 5.74) is 0.900. The van der Waals surface area contributed by atoms with Crippen molar-refractivity contribution in [3.63, 3.8) is 0 Å². The molecule has 0 spiro atoms. The zero-order chi connectivity index (χ0) is 14.7. The highest BCUT2D eigenvalue weighted by Crippen LogP contribution is 2.21. The van der Waals surface area contributed by atoms with E-state index in [1.54, 1.807) is 4.90 Å². The summed E-state index contributed by atoms with van der Waals surface area (Å²) in [6, 6.07) is 9.50. The van der Waals surface area contributed by atoms with Gasteiger partial charge >= 0.3 is 6.03 Å². The molecule has 0 aromatic heterocycles. The Hall–Kier alpha value is -2.04. The molecule has 0 bridgehead atoms. The maximum atomic E-state index is 12.2. The zero-order valence-corrected chi connectivity index (χ0v) is 12.1. The van der Waals surface area contributed by atoms with E-state index in [-0.39, 0.29) is 18.0 Å². The fourth-order valence-electron chi connectivity index (χ4n) is 3.02. The Morgan fingerprint density at radius 2 is 1.81 bits per heavy atom. The summed E-state index contributed by atoms with van der Waals surface area (Å²) in [5, 5.41) is 3.00. The van der Waals surface area contributed by atoms with Gasteiger partial charge in [0.25, 0.3) is 0 Å². The van der Waals surface area contributed by atoms with Gasteiger partial charge in [0.15, 0.2) is 0 Å². The fourth-order valence-corrected chi connectivity index (χ4v) is 3.02. The van der Waals surface area contributed by atoms with Crippen LogP contribution in [0.5, 0.6) is 0 Å². The molecule has 0 aliphatic carbocycles. The number of urea groups is 1. The predicted molar refractivity (Wildman–Crippen MR) is 81.2 cm³/mol. The van der Waals surface area contributed by atoms with Gasteiger partial charge in [0.2, 0.25) is 5.91 Å². The molecule has 0 saturated carbocycles. The van der Waals surface area contributed by atoms with Crippen LogP contribution >= 0.6 is 0 Å². The molecule has 0 radical (unpaired) electrons. The van der Waals surface area contributed by atoms with Gasteiger partial charge in [0.05, 0.1) is 6.04 Å². The highest BCUT2D eigenvalue weighted by atomic mass is 16.2. The molecule has 1 aromatic rings. The third-order valence-corrected chi connectivity index (χ3v) is 4.16. The molecule has 2 aliphatic rings. The molecule has 2 fully saturated rings. The van der Waals surface area contributed by atoms with Crippen molar-refractivity contribution in [2.75, 3.05) is 24.5 Å². The largest absolute Gasteiger partial charge is 0.333 e. The van der Waals surface area contributed by atoms with Crippen LogP contribution < -0.4 is 10.2 Å². The average molecular weight is 287 g/mol. The predicted octanol–water partition coefficient (Wildman–Crippen LogP) is 1.99. The molecule has 2 aliphatic heterocycles. The minimum atomic E-state index is -0.0906. The van der Waals surface area contributed by atoms with E-state index in [1.165, 1.54) is 6.42 Å². The van der Waals surface area contributed by atoms with E-state index in [2.05, 4.69) is 5.32 Å². The Kier molecular flexibility index (Phi) is 4.08. The number of rotatable bonds is 2. The van der Waals surface area contributed by atoms with E-state index in [0.717, 1.165) is 31.6 Å². The Balaban J connectivity index is 1.58. The molecule has 21 heavy (non-hydrogen) atoms. The number of nitrogens with one attached hydrogen (secondary N) is 1. The van der Waals surface area contributed by atoms with Crippen LogP contribution in [0.3, 0.4) is 0 Å². The summed E-state index contributed by atoms with van der Waals surface area (Å²) in [7, 11) is 0. The summed E-state index contributed by atoms with van der Waals surface area (Å²) in [4.78, 5) is 27.9. The number of carbonyl (C=O) groups excluding carboxylic acids is 2. The summed E-state index contributed by atoms with van der Waals surface area (Å²) >= 11 is 0. The van der Waals surface area contributed by atoms with E-state index >= 15 is 0 Å². The number of carbonyl (C=O) groups is 2. The lowest BCUT2D eigenvalue weighted by molar-refractivity contribution is -0.117. The van der Waals surface area contributed by atoms with Crippen molar-refractivity contribution in [3.05, 3.63) is 30.3 Å². The number of benzene rings is 1. The van der Waals surface area contributed by atoms with Gasteiger partial charge in [-0.1, -0.05) is 18.2 Å². The summed E-state index contributed by atoms with van der Waals surface area (Å²) in [5.74, 6) is 0.0742. The third kappa shape index (κ3) is 3.17. The first kappa shape index (κ1) is 13.9. The molecule has 1 N–H and O–H groups in total. The number of anilines is 1. The van der Waals surface area contributed by atoms with Crippen LogP contribution in [-0.2, 0) is 4.79 Å². The third-order valence-electron chi connectivity index (χ3n) is 4.16. The van der Waals surface area contributed by atoms with Crippen molar-refractivity contribution >= 4 is 17.6 Å². The molecule has 5 heteroatoms. The van der Waals surface area contributed by atoms with Crippen molar-refractivity contribution < 1.29 is 9.59 Å². The van der Waals surface area contributed by atoms with Crippen LogP contribution in [0, 0.1) is 0 Å². The minimum absolute atomic E-state index is 0.0255. The average Bonchev–Trinajstić information content (AvgIpc) is 2.89. The summed E-state index contributed by atoms with van der Waals surface area (Å²) < 4.78 is 0. The number of nitrogens with zero attached hydrogens (tertiary/aromatic N) is 2. The lowest BCUT2D eigenvalue weighted by atomic mass is 10.1. The first-order chi connectivity index (χ1) is 10.2. The van der Waals surface area contributed by atoms with Gasteiger partial charge in [-0.05, 0) is 31.4 Å². The second kappa shape index (κ2) is 6.16. The van der Waals surface area contributed by atoms with Gasteiger partial charge in [-0.2, -0.15) is 0 Å². The fraction of sp³-hybridized carbons (Fsp3) is 0.500. The summed E-state index contributed by atoms with van der Waals surface area (Å²) in [6.07, 6.45) is 3.74. The topological polar surface area (TPSA) is 52.7 Å². The van der Waals surface area contributed by atoms with Crippen LogP contribution in [0.2, 0.25) is 0 Å². The Labute approximate surface area is 124 Å². The van der Waals surface area contributed by atoms with Gasteiger partial charge < -0.3 is 15.1 Å². The molecule has 2 heterocycles. The number of hydrogen-bond donors (Lipinski definition) is 1. The minimum Gasteiger partial charge on any atom is -0.333 e. The van der Waals surface area contributed by atoms with E-state index < -0.39 is 0 Å². The normalized spacial score (nSPS) is 22.5. The van der Waals surface area contributed by atoms with Gasteiger partial charge in [-0.3, -0.25) is 4.79 Å². The van der Waals surface area contributed by atoms with Gasteiger partial charge in [-0.25, -0.2) is 4.79 Å². The summed E-state index contributed by atoms with van der Waals surface area (Å²) in [6.45, 7) is 2.21. The van der Waals surface area contributed by atoms with Crippen LogP contribution in [0.1, 0.15) is 25.7 Å². The quantitative estimate of drug-likeness (QED) is 0.904. The number of para-hydroxylation sites is 1. The second-order valence-electron chi connectivity index (χ2n) is 5.74. The number of piperidine rings is 1. The standard InChI is InChI=1S/C16H21N3O2/c20-15-11-13(12-19(15)14-7-3-1-4-8-14)17-16(21)18-9-5-2-6-10-18/h1,3-4,7-8,13H,2,5-6,9-12H2,(H,17,21). The monoisotopic (exact) mass is 287 g/mol. The van der Waals surface area contributed by atoms with E-state index in [4.69, 9.17) is 0 Å². The van der Waals surface area contributed by atoms with Crippen molar-refractivity contribution in [2.45, 2.75) is 31.7 Å². The zero-order valence-electron chi connectivity index (χ0n) is 12.1. The van der Waals surface area contributed by atoms with Crippen LogP contribution in [0.4, 0.5) is 10.5 Å². The maximum Gasteiger partial charge on any atom is 0.317 e. The van der Waals surface area contributed by atoms with Gasteiger partial charge in [-0.15, -0.1) is 0 Å². The molecule has 3 amide bonds. The van der Waals surface area contributed by atoms with Crippen LogP contribution in [0.15, 0.2) is 30.3 Å².